The van der Waals surface area contributed by atoms with Crippen molar-refractivity contribution in [2.24, 2.45) is 0 Å². The maximum Gasteiger partial charge on any atom is 0.131 e. The van der Waals surface area contributed by atoms with Crippen LogP contribution in [0.25, 0.3) is 0 Å². The molecule has 0 saturated heterocycles. The normalized spacial score (nSPS) is 19.2. The molecule has 0 fully saturated rings. The van der Waals surface area contributed by atoms with Gasteiger partial charge in [0.1, 0.15) is 11.6 Å². The molecular weight excluding hydrogens is 246 g/mol. The molecule has 0 aromatic heterocycles. The number of benzene rings is 2. The Labute approximate surface area is 110 Å². The molecule has 3 rings (SSSR count). The summed E-state index contributed by atoms with van der Waals surface area (Å²) in [6.45, 7) is 0. The zero-order valence-corrected chi connectivity index (χ0v) is 10.3. The minimum Gasteiger partial charge on any atom is -0.388 e. The molecule has 0 radical (unpaired) electrons. The van der Waals surface area contributed by atoms with E-state index in [2.05, 4.69) is 0 Å². The summed E-state index contributed by atoms with van der Waals surface area (Å²) in [6.07, 6.45) is 0.752. The van der Waals surface area contributed by atoms with Crippen LogP contribution < -0.4 is 0 Å². The SMILES string of the molecule is OC(c1ccc(F)cc1F)C1CCc2ccccc21. The number of fused-ring (bicyclic) bond motifs is 1. The zero-order valence-electron chi connectivity index (χ0n) is 10.3. The van der Waals surface area contributed by atoms with E-state index < -0.39 is 17.7 Å². The largest absolute Gasteiger partial charge is 0.388 e. The summed E-state index contributed by atoms with van der Waals surface area (Å²) in [5.41, 5.74) is 2.44. The van der Waals surface area contributed by atoms with Crippen LogP contribution in [-0.4, -0.2) is 5.11 Å². The molecule has 0 aliphatic heterocycles. The summed E-state index contributed by atoms with van der Waals surface area (Å²) in [4.78, 5) is 0. The molecule has 1 nitrogen and oxygen atoms in total. The number of hydrogen-bond donors (Lipinski definition) is 1. The third-order valence-corrected chi connectivity index (χ3v) is 3.84. The van der Waals surface area contributed by atoms with Crippen molar-refractivity contribution in [2.45, 2.75) is 24.9 Å². The molecule has 0 heterocycles. The molecule has 0 bridgehead atoms. The van der Waals surface area contributed by atoms with E-state index in [1.54, 1.807) is 0 Å². The van der Waals surface area contributed by atoms with E-state index in [1.807, 2.05) is 24.3 Å². The van der Waals surface area contributed by atoms with E-state index in [-0.39, 0.29) is 11.5 Å². The molecule has 1 aliphatic carbocycles. The molecule has 98 valence electrons. The molecule has 19 heavy (non-hydrogen) atoms. The van der Waals surface area contributed by atoms with Gasteiger partial charge >= 0.3 is 0 Å². The lowest BCUT2D eigenvalue weighted by Crippen LogP contribution is -2.10. The average Bonchev–Trinajstić information content (AvgIpc) is 2.82. The van der Waals surface area contributed by atoms with Gasteiger partial charge < -0.3 is 5.11 Å². The van der Waals surface area contributed by atoms with Crippen molar-refractivity contribution in [1.82, 2.24) is 0 Å². The van der Waals surface area contributed by atoms with Gasteiger partial charge in [-0.25, -0.2) is 8.78 Å². The molecule has 2 aromatic carbocycles. The topological polar surface area (TPSA) is 20.2 Å². The Bertz CT molecular complexity index is 609. The van der Waals surface area contributed by atoms with E-state index in [4.69, 9.17) is 0 Å². The van der Waals surface area contributed by atoms with Crippen molar-refractivity contribution in [3.8, 4) is 0 Å². The molecule has 1 aliphatic rings. The minimum absolute atomic E-state index is 0.115. The maximum absolute atomic E-state index is 13.7. The number of halogens is 2. The van der Waals surface area contributed by atoms with Crippen LogP contribution in [0.4, 0.5) is 8.78 Å². The number of aryl methyl sites for hydroxylation is 1. The minimum atomic E-state index is -0.927. The summed E-state index contributed by atoms with van der Waals surface area (Å²) < 4.78 is 26.6. The molecule has 0 amide bonds. The predicted molar refractivity (Wildman–Crippen MR) is 68.8 cm³/mol. The molecule has 2 atom stereocenters. The van der Waals surface area contributed by atoms with Gasteiger partial charge in [-0.1, -0.05) is 30.3 Å². The van der Waals surface area contributed by atoms with Crippen LogP contribution in [0.1, 0.15) is 35.1 Å². The van der Waals surface area contributed by atoms with E-state index in [9.17, 15) is 13.9 Å². The quantitative estimate of drug-likeness (QED) is 0.872. The highest BCUT2D eigenvalue weighted by Gasteiger charge is 2.30. The summed E-state index contributed by atoms with van der Waals surface area (Å²) in [6, 6.07) is 11.2. The Morgan fingerprint density at radius 2 is 1.89 bits per heavy atom. The molecule has 0 spiro atoms. The van der Waals surface area contributed by atoms with E-state index in [1.165, 1.54) is 17.7 Å². The smallest absolute Gasteiger partial charge is 0.131 e. The molecular formula is C16H14F2O. The van der Waals surface area contributed by atoms with E-state index in [0.717, 1.165) is 24.5 Å². The number of aliphatic hydroxyl groups is 1. The van der Waals surface area contributed by atoms with Gasteiger partial charge in [0, 0.05) is 17.5 Å². The van der Waals surface area contributed by atoms with Crippen molar-refractivity contribution in [1.29, 1.82) is 0 Å². The molecule has 3 heteroatoms. The Balaban J connectivity index is 1.95. The fraction of sp³-hybridized carbons (Fsp3) is 0.250. The highest BCUT2D eigenvalue weighted by molar-refractivity contribution is 5.37. The fourth-order valence-corrected chi connectivity index (χ4v) is 2.88. The van der Waals surface area contributed by atoms with E-state index in [0.29, 0.717) is 0 Å². The van der Waals surface area contributed by atoms with Crippen molar-refractivity contribution in [3.63, 3.8) is 0 Å². The first kappa shape index (κ1) is 12.3. The van der Waals surface area contributed by atoms with Gasteiger partial charge in [0.2, 0.25) is 0 Å². The lowest BCUT2D eigenvalue weighted by Gasteiger charge is -2.20. The van der Waals surface area contributed by atoms with Crippen LogP contribution in [-0.2, 0) is 6.42 Å². The van der Waals surface area contributed by atoms with Crippen LogP contribution >= 0.6 is 0 Å². The summed E-state index contributed by atoms with van der Waals surface area (Å²) in [5, 5.41) is 10.4. The number of aliphatic hydroxyl groups excluding tert-OH is 1. The maximum atomic E-state index is 13.7. The lowest BCUT2D eigenvalue weighted by atomic mass is 9.90. The van der Waals surface area contributed by atoms with Gasteiger partial charge in [0.25, 0.3) is 0 Å². The van der Waals surface area contributed by atoms with E-state index >= 15 is 0 Å². The second kappa shape index (κ2) is 4.74. The highest BCUT2D eigenvalue weighted by Crippen LogP contribution is 2.42. The van der Waals surface area contributed by atoms with Gasteiger partial charge in [0.05, 0.1) is 6.10 Å². The van der Waals surface area contributed by atoms with Crippen LogP contribution in [0.2, 0.25) is 0 Å². The van der Waals surface area contributed by atoms with Crippen LogP contribution in [0.15, 0.2) is 42.5 Å². The summed E-state index contributed by atoms with van der Waals surface area (Å²) in [7, 11) is 0. The fourth-order valence-electron chi connectivity index (χ4n) is 2.88. The van der Waals surface area contributed by atoms with Crippen LogP contribution in [0, 0.1) is 11.6 Å². The second-order valence-electron chi connectivity index (χ2n) is 4.95. The Kier molecular flexibility index (Phi) is 3.07. The number of hydrogen-bond acceptors (Lipinski definition) is 1. The molecule has 2 unspecified atom stereocenters. The average molecular weight is 260 g/mol. The van der Waals surface area contributed by atoms with Crippen LogP contribution in [0.3, 0.4) is 0 Å². The predicted octanol–water partition coefficient (Wildman–Crippen LogP) is 3.73. The third-order valence-electron chi connectivity index (χ3n) is 3.84. The molecule has 2 aromatic rings. The van der Waals surface area contributed by atoms with Crippen molar-refractivity contribution < 1.29 is 13.9 Å². The summed E-state index contributed by atoms with van der Waals surface area (Å²) in [5.74, 6) is -1.42. The van der Waals surface area contributed by atoms with Crippen LogP contribution in [0.5, 0.6) is 0 Å². The monoisotopic (exact) mass is 260 g/mol. The Morgan fingerprint density at radius 1 is 1.11 bits per heavy atom. The molecule has 0 saturated carbocycles. The zero-order chi connectivity index (χ0) is 13.4. The van der Waals surface area contributed by atoms with Crippen molar-refractivity contribution >= 4 is 0 Å². The van der Waals surface area contributed by atoms with Gasteiger partial charge in [-0.05, 0) is 30.0 Å². The molecule has 1 N–H and O–H groups in total. The van der Waals surface area contributed by atoms with Gasteiger partial charge in [-0.15, -0.1) is 0 Å². The first-order chi connectivity index (χ1) is 9.16. The van der Waals surface area contributed by atoms with Crippen molar-refractivity contribution in [3.05, 3.63) is 70.8 Å². The Morgan fingerprint density at radius 3 is 2.68 bits per heavy atom. The van der Waals surface area contributed by atoms with Gasteiger partial charge in [-0.2, -0.15) is 0 Å². The highest BCUT2D eigenvalue weighted by atomic mass is 19.1. The second-order valence-corrected chi connectivity index (χ2v) is 4.95. The first-order valence-electron chi connectivity index (χ1n) is 6.37. The Hall–Kier alpha value is -1.74. The van der Waals surface area contributed by atoms with Gasteiger partial charge in [-0.3, -0.25) is 0 Å². The first-order valence-corrected chi connectivity index (χ1v) is 6.37. The lowest BCUT2D eigenvalue weighted by molar-refractivity contribution is 0.140. The third kappa shape index (κ3) is 2.15. The van der Waals surface area contributed by atoms with Gasteiger partial charge in [0.15, 0.2) is 0 Å². The number of rotatable bonds is 2. The summed E-state index contributed by atoms with van der Waals surface area (Å²) >= 11 is 0. The van der Waals surface area contributed by atoms with Crippen molar-refractivity contribution in [2.75, 3.05) is 0 Å². The standard InChI is InChI=1S/C16H14F2O/c17-11-6-8-14(15(18)9-11)16(19)13-7-5-10-3-1-2-4-12(10)13/h1-4,6,8-9,13,16,19H,5,7H2.